The highest BCUT2D eigenvalue weighted by atomic mass is 32.1. The van der Waals surface area contributed by atoms with Crippen molar-refractivity contribution >= 4 is 11.3 Å². The average molecular weight is 241 g/mol. The number of benzene rings is 1. The molecule has 0 saturated carbocycles. The topological polar surface area (TPSA) is 41.6 Å². The molecular formula is C13H11N3S. The number of nitrogens with one attached hydrogen (secondary N) is 1. The fourth-order valence-corrected chi connectivity index (χ4v) is 2.36. The number of aromatic amines is 1. The van der Waals surface area contributed by atoms with Gasteiger partial charge in [0.15, 0.2) is 11.6 Å². The molecule has 0 amide bonds. The maximum Gasteiger partial charge on any atom is 0.181 e. The summed E-state index contributed by atoms with van der Waals surface area (Å²) >= 11 is 1.65. The maximum atomic E-state index is 4.51. The van der Waals surface area contributed by atoms with Gasteiger partial charge >= 0.3 is 0 Å². The van der Waals surface area contributed by atoms with E-state index in [-0.39, 0.29) is 0 Å². The number of thiophene rings is 1. The van der Waals surface area contributed by atoms with Crippen LogP contribution in [-0.4, -0.2) is 15.2 Å². The first-order valence-corrected chi connectivity index (χ1v) is 6.24. The minimum atomic E-state index is 0.747. The van der Waals surface area contributed by atoms with Crippen LogP contribution in [0.4, 0.5) is 0 Å². The minimum absolute atomic E-state index is 0.747. The highest BCUT2D eigenvalue weighted by Crippen LogP contribution is 2.23. The molecule has 0 bridgehead atoms. The number of nitrogens with zero attached hydrogens (tertiary/aromatic N) is 2. The Morgan fingerprint density at radius 3 is 2.88 bits per heavy atom. The first kappa shape index (κ1) is 10.2. The van der Waals surface area contributed by atoms with E-state index in [4.69, 9.17) is 0 Å². The van der Waals surface area contributed by atoms with Crippen molar-refractivity contribution in [3.63, 3.8) is 0 Å². The second-order valence-corrected chi connectivity index (χ2v) is 4.80. The molecule has 3 aromatic rings. The van der Waals surface area contributed by atoms with Crippen LogP contribution in [-0.2, 0) is 0 Å². The van der Waals surface area contributed by atoms with Gasteiger partial charge in [0.1, 0.15) is 0 Å². The molecule has 2 heterocycles. The number of H-pyrrole nitrogens is 1. The smallest absolute Gasteiger partial charge is 0.181 e. The molecule has 0 saturated heterocycles. The largest absolute Gasteiger partial charge is 0.258 e. The maximum absolute atomic E-state index is 4.51. The van der Waals surface area contributed by atoms with Crippen molar-refractivity contribution in [2.24, 2.45) is 0 Å². The van der Waals surface area contributed by atoms with E-state index in [0.29, 0.717) is 0 Å². The van der Waals surface area contributed by atoms with Gasteiger partial charge in [0.25, 0.3) is 0 Å². The van der Waals surface area contributed by atoms with Crippen LogP contribution in [0.25, 0.3) is 22.1 Å². The Hall–Kier alpha value is -1.94. The predicted octanol–water partition coefficient (Wildman–Crippen LogP) is 3.51. The zero-order chi connectivity index (χ0) is 11.7. The van der Waals surface area contributed by atoms with Crippen LogP contribution in [0.2, 0.25) is 0 Å². The Morgan fingerprint density at radius 1 is 1.18 bits per heavy atom. The van der Waals surface area contributed by atoms with Crippen LogP contribution >= 0.6 is 11.3 Å². The van der Waals surface area contributed by atoms with Gasteiger partial charge in [-0.05, 0) is 24.4 Å². The van der Waals surface area contributed by atoms with Gasteiger partial charge in [0.2, 0.25) is 0 Å². The van der Waals surface area contributed by atoms with Crippen LogP contribution in [0.3, 0.4) is 0 Å². The van der Waals surface area contributed by atoms with Gasteiger partial charge < -0.3 is 0 Å². The van der Waals surface area contributed by atoms with Gasteiger partial charge in [-0.1, -0.05) is 29.8 Å². The van der Waals surface area contributed by atoms with Crippen LogP contribution in [0.15, 0.2) is 41.8 Å². The van der Waals surface area contributed by atoms with Gasteiger partial charge in [0.05, 0.1) is 4.88 Å². The Balaban J connectivity index is 2.01. The third kappa shape index (κ3) is 1.99. The van der Waals surface area contributed by atoms with E-state index in [9.17, 15) is 0 Å². The van der Waals surface area contributed by atoms with Gasteiger partial charge in [-0.25, -0.2) is 4.98 Å². The standard InChI is InChI=1S/C13H11N3S/c1-9-4-2-5-10(8-9)12-14-13(16-15-12)11-6-3-7-17-11/h2-8H,1H3,(H,14,15,16). The molecule has 0 radical (unpaired) electrons. The quantitative estimate of drug-likeness (QED) is 0.746. The molecule has 1 N–H and O–H groups in total. The molecule has 2 aromatic heterocycles. The third-order valence-corrected chi connectivity index (χ3v) is 3.39. The summed E-state index contributed by atoms with van der Waals surface area (Å²) in [5.74, 6) is 1.58. The van der Waals surface area contributed by atoms with E-state index in [1.54, 1.807) is 11.3 Å². The molecule has 0 atom stereocenters. The Labute approximate surface area is 103 Å². The van der Waals surface area contributed by atoms with Crippen molar-refractivity contribution in [1.29, 1.82) is 0 Å². The Bertz CT molecular complexity index is 626. The molecule has 1 aromatic carbocycles. The summed E-state index contributed by atoms with van der Waals surface area (Å²) in [5.41, 5.74) is 2.26. The van der Waals surface area contributed by atoms with E-state index in [1.165, 1.54) is 5.56 Å². The molecule has 4 heteroatoms. The highest BCUT2D eigenvalue weighted by Gasteiger charge is 2.07. The van der Waals surface area contributed by atoms with Crippen molar-refractivity contribution in [2.45, 2.75) is 6.92 Å². The molecule has 0 unspecified atom stereocenters. The zero-order valence-electron chi connectivity index (χ0n) is 9.34. The monoisotopic (exact) mass is 241 g/mol. The number of rotatable bonds is 2. The summed E-state index contributed by atoms with van der Waals surface area (Å²) in [5, 5.41) is 9.26. The van der Waals surface area contributed by atoms with Crippen molar-refractivity contribution in [2.75, 3.05) is 0 Å². The summed E-state index contributed by atoms with van der Waals surface area (Å²) < 4.78 is 0. The lowest BCUT2D eigenvalue weighted by Gasteiger charge is -1.95. The van der Waals surface area contributed by atoms with Crippen LogP contribution < -0.4 is 0 Å². The SMILES string of the molecule is Cc1cccc(-c2n[nH]c(-c3cccs3)n2)c1. The van der Waals surface area contributed by atoms with Crippen molar-refractivity contribution in [3.8, 4) is 22.1 Å². The number of hydrogen-bond acceptors (Lipinski definition) is 3. The molecule has 0 spiro atoms. The fourth-order valence-electron chi connectivity index (χ4n) is 1.70. The van der Waals surface area contributed by atoms with Crippen LogP contribution in [0, 0.1) is 6.92 Å². The fraction of sp³-hybridized carbons (Fsp3) is 0.0769. The zero-order valence-corrected chi connectivity index (χ0v) is 10.2. The summed E-state index contributed by atoms with van der Waals surface area (Å²) in [6, 6.07) is 12.2. The molecular weight excluding hydrogens is 230 g/mol. The summed E-state index contributed by atoms with van der Waals surface area (Å²) in [4.78, 5) is 5.62. The molecule has 0 aliphatic rings. The first-order valence-electron chi connectivity index (χ1n) is 5.36. The minimum Gasteiger partial charge on any atom is -0.258 e. The lowest BCUT2D eigenvalue weighted by atomic mass is 10.1. The van der Waals surface area contributed by atoms with E-state index >= 15 is 0 Å². The van der Waals surface area contributed by atoms with Gasteiger partial charge in [-0.2, -0.15) is 5.10 Å². The lowest BCUT2D eigenvalue weighted by Crippen LogP contribution is -1.81. The van der Waals surface area contributed by atoms with Gasteiger partial charge in [-0.15, -0.1) is 11.3 Å². The Kier molecular flexibility index (Phi) is 2.49. The molecule has 84 valence electrons. The second-order valence-electron chi connectivity index (χ2n) is 3.85. The third-order valence-electron chi connectivity index (χ3n) is 2.52. The van der Waals surface area contributed by atoms with Crippen molar-refractivity contribution < 1.29 is 0 Å². The normalized spacial score (nSPS) is 10.6. The number of aryl methyl sites for hydroxylation is 1. The summed E-state index contributed by atoms with van der Waals surface area (Å²) in [6.45, 7) is 2.07. The van der Waals surface area contributed by atoms with Gasteiger partial charge in [0, 0.05) is 5.56 Å². The van der Waals surface area contributed by atoms with Crippen molar-refractivity contribution in [3.05, 3.63) is 47.3 Å². The molecule has 0 fully saturated rings. The van der Waals surface area contributed by atoms with E-state index in [1.807, 2.05) is 29.6 Å². The molecule has 17 heavy (non-hydrogen) atoms. The van der Waals surface area contributed by atoms with E-state index in [0.717, 1.165) is 22.1 Å². The van der Waals surface area contributed by atoms with E-state index in [2.05, 4.69) is 34.2 Å². The van der Waals surface area contributed by atoms with Gasteiger partial charge in [-0.3, -0.25) is 5.10 Å². The summed E-state index contributed by atoms with van der Waals surface area (Å²) in [7, 11) is 0. The number of aromatic nitrogens is 3. The lowest BCUT2D eigenvalue weighted by molar-refractivity contribution is 1.10. The Morgan fingerprint density at radius 2 is 2.12 bits per heavy atom. The predicted molar refractivity (Wildman–Crippen MR) is 69.9 cm³/mol. The summed E-state index contributed by atoms with van der Waals surface area (Å²) in [6.07, 6.45) is 0. The molecule has 0 aliphatic carbocycles. The molecule has 3 rings (SSSR count). The highest BCUT2D eigenvalue weighted by molar-refractivity contribution is 7.13. The van der Waals surface area contributed by atoms with Crippen molar-refractivity contribution in [1.82, 2.24) is 15.2 Å². The second kappa shape index (κ2) is 4.14. The van der Waals surface area contributed by atoms with E-state index < -0.39 is 0 Å². The molecule has 0 aliphatic heterocycles. The average Bonchev–Trinajstić information content (AvgIpc) is 3.00. The molecule has 3 nitrogen and oxygen atoms in total. The number of hydrogen-bond donors (Lipinski definition) is 1. The van der Waals surface area contributed by atoms with Crippen LogP contribution in [0.1, 0.15) is 5.56 Å². The van der Waals surface area contributed by atoms with Crippen LogP contribution in [0.5, 0.6) is 0 Å². The first-order chi connectivity index (χ1) is 8.33.